The van der Waals surface area contributed by atoms with Gasteiger partial charge in [0.15, 0.2) is 0 Å². The quantitative estimate of drug-likeness (QED) is 0.192. The number of fused-ring (bicyclic) bond motifs is 2. The zero-order chi connectivity index (χ0) is 31.7. The third-order valence-electron chi connectivity index (χ3n) is 9.80. The van der Waals surface area contributed by atoms with Gasteiger partial charge in [-0.3, -0.25) is 9.59 Å². The number of amides is 1. The molecule has 7 heteroatoms. The monoisotopic (exact) mass is 594 g/mol. The number of ether oxygens (including phenoxy) is 1. The molecule has 1 amide bonds. The number of esters is 1. The lowest BCUT2D eigenvalue weighted by atomic mass is 9.76. The van der Waals surface area contributed by atoms with E-state index in [1.165, 1.54) is 23.8 Å². The number of aryl methyl sites for hydroxylation is 4. The molecule has 0 bridgehead atoms. The summed E-state index contributed by atoms with van der Waals surface area (Å²) in [5.74, 6) is -0.712. The second-order valence-corrected chi connectivity index (χ2v) is 12.3. The summed E-state index contributed by atoms with van der Waals surface area (Å²) < 4.78 is 7.22. The third-order valence-corrected chi connectivity index (χ3v) is 9.80. The minimum absolute atomic E-state index is 0.106. The molecule has 0 radical (unpaired) electrons. The van der Waals surface area contributed by atoms with E-state index in [0.717, 1.165) is 75.8 Å². The number of rotatable bonds is 9. The number of carbonyl (C=O) groups is 2. The molecule has 5 rings (SSSR count). The Bertz CT molecular complexity index is 1720. The van der Waals surface area contributed by atoms with E-state index in [4.69, 9.17) is 4.74 Å². The van der Waals surface area contributed by atoms with Crippen molar-refractivity contribution in [1.82, 2.24) is 19.9 Å². The molecule has 1 aliphatic rings. The van der Waals surface area contributed by atoms with E-state index in [1.807, 2.05) is 16.5 Å². The Kier molecular flexibility index (Phi) is 9.23. The summed E-state index contributed by atoms with van der Waals surface area (Å²) in [7, 11) is 1.46. The largest absolute Gasteiger partial charge is 0.469 e. The highest BCUT2D eigenvalue weighted by molar-refractivity contribution is 5.98. The maximum absolute atomic E-state index is 14.1. The number of methoxy groups -OCH3 is 1. The van der Waals surface area contributed by atoms with Gasteiger partial charge in [-0.05, 0) is 110 Å². The van der Waals surface area contributed by atoms with Crippen molar-refractivity contribution in [2.45, 2.75) is 93.2 Å². The van der Waals surface area contributed by atoms with Crippen LogP contribution in [0.4, 0.5) is 0 Å². The Balaban J connectivity index is 1.56. The molecule has 0 aliphatic carbocycles. The van der Waals surface area contributed by atoms with Crippen LogP contribution in [0.1, 0.15) is 100.0 Å². The van der Waals surface area contributed by atoms with Crippen LogP contribution in [-0.2, 0) is 35.5 Å². The van der Waals surface area contributed by atoms with Crippen molar-refractivity contribution in [2.75, 3.05) is 13.7 Å². The molecule has 0 fully saturated rings. The Morgan fingerprint density at radius 3 is 2.41 bits per heavy atom. The fraction of sp³-hybridized carbons (Fsp3) is 0.459. The highest BCUT2D eigenvalue weighted by atomic mass is 16.5. The molecule has 0 spiro atoms. The van der Waals surface area contributed by atoms with Gasteiger partial charge in [-0.15, -0.1) is 5.10 Å². The highest BCUT2D eigenvalue weighted by Crippen LogP contribution is 2.40. The van der Waals surface area contributed by atoms with Gasteiger partial charge in [-0.25, -0.2) is 4.68 Å². The van der Waals surface area contributed by atoms with E-state index in [-0.39, 0.29) is 23.7 Å². The van der Waals surface area contributed by atoms with E-state index in [2.05, 4.69) is 88.3 Å². The third kappa shape index (κ3) is 5.53. The molecule has 1 aliphatic heterocycles. The van der Waals surface area contributed by atoms with Crippen molar-refractivity contribution < 1.29 is 14.3 Å². The molecule has 4 aromatic rings. The number of hydrogen-bond donors (Lipinski definition) is 0. The van der Waals surface area contributed by atoms with Gasteiger partial charge in [0.1, 0.15) is 5.52 Å². The van der Waals surface area contributed by atoms with Gasteiger partial charge in [0.2, 0.25) is 0 Å². The van der Waals surface area contributed by atoms with E-state index in [1.54, 1.807) is 0 Å². The molecule has 1 aromatic heterocycles. The summed E-state index contributed by atoms with van der Waals surface area (Å²) in [4.78, 5) is 29.3. The minimum Gasteiger partial charge on any atom is -0.469 e. The Morgan fingerprint density at radius 2 is 1.73 bits per heavy atom. The summed E-state index contributed by atoms with van der Waals surface area (Å²) in [6.07, 6.45) is 3.45. The number of hydrogen-bond acceptors (Lipinski definition) is 5. The maximum atomic E-state index is 14.1. The molecule has 2 heterocycles. The first kappa shape index (κ1) is 31.4. The minimum atomic E-state index is -0.369. The first-order valence-corrected chi connectivity index (χ1v) is 16.1. The molecule has 3 aromatic carbocycles. The van der Waals surface area contributed by atoms with Crippen LogP contribution >= 0.6 is 0 Å². The van der Waals surface area contributed by atoms with Gasteiger partial charge in [0, 0.05) is 31.1 Å². The van der Waals surface area contributed by atoms with E-state index < -0.39 is 0 Å². The summed E-state index contributed by atoms with van der Waals surface area (Å²) in [5.41, 5.74) is 12.8. The van der Waals surface area contributed by atoms with Crippen LogP contribution < -0.4 is 0 Å². The van der Waals surface area contributed by atoms with E-state index >= 15 is 0 Å². The van der Waals surface area contributed by atoms with Crippen molar-refractivity contribution in [3.63, 3.8) is 0 Å². The Hall–Kier alpha value is -4.00. The first-order chi connectivity index (χ1) is 21.1. The van der Waals surface area contributed by atoms with Gasteiger partial charge in [0.25, 0.3) is 5.91 Å². The Morgan fingerprint density at radius 1 is 0.955 bits per heavy atom. The predicted molar refractivity (Wildman–Crippen MR) is 175 cm³/mol. The second-order valence-electron chi connectivity index (χ2n) is 12.3. The van der Waals surface area contributed by atoms with Crippen LogP contribution in [0.2, 0.25) is 0 Å². The maximum Gasteiger partial charge on any atom is 0.309 e. The molecular formula is C37H46N4O3. The number of carbonyl (C=O) groups excluding carboxylic acids is 2. The SMILES string of the molecule is CCCc1cc(C)c(C)c(C(=O)N2CCc3ccc([C@@H](c4ccc5c(nnn5CC)c4C)C(CC)C(=O)OC)cc3C2)c1C. The zero-order valence-corrected chi connectivity index (χ0v) is 27.6. The van der Waals surface area contributed by atoms with Crippen molar-refractivity contribution in [2.24, 2.45) is 5.92 Å². The lowest BCUT2D eigenvalue weighted by molar-refractivity contribution is -0.146. The predicted octanol–water partition coefficient (Wildman–Crippen LogP) is 7.17. The average molecular weight is 595 g/mol. The standard InChI is InChI=1S/C37H46N4O3/c1-9-12-27-19-22(4)23(5)33(24(27)6)36(42)40-18-17-26-13-14-28(20-29(26)21-40)34(30(10-2)37(43)44-8)31-15-16-32-35(25(31)7)38-39-41(32)11-3/h13-16,19-20,30,34H,9-12,17-18,21H2,1-8H3/t30?,34-/m1/s1. The lowest BCUT2D eigenvalue weighted by Gasteiger charge is -2.32. The van der Waals surface area contributed by atoms with Crippen LogP contribution in [0, 0.1) is 33.6 Å². The molecule has 0 saturated heterocycles. The van der Waals surface area contributed by atoms with E-state index in [9.17, 15) is 9.59 Å². The smallest absolute Gasteiger partial charge is 0.309 e. The summed E-state index contributed by atoms with van der Waals surface area (Å²) in [6.45, 7) is 16.6. The molecule has 1 unspecified atom stereocenters. The lowest BCUT2D eigenvalue weighted by Crippen LogP contribution is -2.37. The zero-order valence-electron chi connectivity index (χ0n) is 27.6. The van der Waals surface area contributed by atoms with Gasteiger partial charge >= 0.3 is 5.97 Å². The van der Waals surface area contributed by atoms with Crippen molar-refractivity contribution in [1.29, 1.82) is 0 Å². The van der Waals surface area contributed by atoms with Gasteiger partial charge in [-0.2, -0.15) is 0 Å². The molecule has 44 heavy (non-hydrogen) atoms. The number of nitrogens with zero attached hydrogens (tertiary/aromatic N) is 4. The highest BCUT2D eigenvalue weighted by Gasteiger charge is 2.34. The van der Waals surface area contributed by atoms with Crippen LogP contribution in [0.3, 0.4) is 0 Å². The van der Waals surface area contributed by atoms with Crippen molar-refractivity contribution in [3.8, 4) is 0 Å². The number of aromatic nitrogens is 3. The molecule has 232 valence electrons. The topological polar surface area (TPSA) is 77.3 Å². The fourth-order valence-electron chi connectivity index (χ4n) is 7.14. The summed E-state index contributed by atoms with van der Waals surface area (Å²) >= 11 is 0. The van der Waals surface area contributed by atoms with E-state index in [0.29, 0.717) is 19.5 Å². The van der Waals surface area contributed by atoms with Crippen molar-refractivity contribution in [3.05, 3.63) is 92.0 Å². The molecule has 7 nitrogen and oxygen atoms in total. The first-order valence-electron chi connectivity index (χ1n) is 16.1. The van der Waals surface area contributed by atoms with Gasteiger partial charge in [-0.1, -0.05) is 55.8 Å². The van der Waals surface area contributed by atoms with Gasteiger partial charge < -0.3 is 9.64 Å². The molecular weight excluding hydrogens is 548 g/mol. The Labute approximate surface area is 261 Å². The summed E-state index contributed by atoms with van der Waals surface area (Å²) in [6, 6.07) is 13.0. The van der Waals surface area contributed by atoms with Crippen LogP contribution in [0.25, 0.3) is 11.0 Å². The molecule has 0 saturated carbocycles. The summed E-state index contributed by atoms with van der Waals surface area (Å²) in [5, 5.41) is 8.84. The van der Waals surface area contributed by atoms with Crippen LogP contribution in [0.5, 0.6) is 0 Å². The van der Waals surface area contributed by atoms with Crippen LogP contribution in [-0.4, -0.2) is 45.4 Å². The average Bonchev–Trinajstić information content (AvgIpc) is 3.46. The van der Waals surface area contributed by atoms with Crippen molar-refractivity contribution >= 4 is 22.9 Å². The molecule has 0 N–H and O–H groups in total. The normalized spacial score (nSPS) is 14.4. The fourth-order valence-corrected chi connectivity index (χ4v) is 7.14. The van der Waals surface area contributed by atoms with Crippen LogP contribution in [0.15, 0.2) is 36.4 Å². The van der Waals surface area contributed by atoms with Gasteiger partial charge in [0.05, 0.1) is 18.5 Å². The second kappa shape index (κ2) is 12.9. The number of benzene rings is 3. The molecule has 2 atom stereocenters.